The number of rotatable bonds is 4. The largest absolute Gasteiger partial charge is 0.378 e. The molecule has 0 fully saturated rings. The van der Waals surface area contributed by atoms with E-state index in [1.165, 1.54) is 13.3 Å². The van der Waals surface area contributed by atoms with Crippen LogP contribution >= 0.6 is 22.3 Å². The predicted octanol–water partition coefficient (Wildman–Crippen LogP) is 1.39. The van der Waals surface area contributed by atoms with Crippen molar-refractivity contribution in [3.05, 3.63) is 29.2 Å². The quantitative estimate of drug-likeness (QED) is 0.790. The van der Waals surface area contributed by atoms with Gasteiger partial charge in [-0.15, -0.1) is 5.10 Å². The molecule has 102 valence electrons. The van der Waals surface area contributed by atoms with Crippen molar-refractivity contribution in [3.63, 3.8) is 0 Å². The Hall–Kier alpha value is -1.22. The molecule has 0 amide bonds. The first-order valence-electron chi connectivity index (χ1n) is 4.94. The zero-order valence-corrected chi connectivity index (χ0v) is 11.9. The molecule has 19 heavy (non-hydrogen) atoms. The Morgan fingerprint density at radius 2 is 2.21 bits per heavy atom. The van der Waals surface area contributed by atoms with Gasteiger partial charge in [-0.1, -0.05) is 11.6 Å². The monoisotopic (exact) mass is 322 g/mol. The number of nitrogens with zero attached hydrogens (tertiary/aromatic N) is 4. The minimum absolute atomic E-state index is 0.0474. The Morgan fingerprint density at radius 1 is 1.47 bits per heavy atom. The van der Waals surface area contributed by atoms with Crippen molar-refractivity contribution < 1.29 is 13.2 Å². The summed E-state index contributed by atoms with van der Waals surface area (Å²) in [6.45, 7) is -0.0474. The van der Waals surface area contributed by atoms with Crippen molar-refractivity contribution in [1.82, 2.24) is 20.0 Å². The van der Waals surface area contributed by atoms with Crippen molar-refractivity contribution in [2.75, 3.05) is 7.11 Å². The molecule has 2 aromatic rings. The summed E-state index contributed by atoms with van der Waals surface area (Å²) in [5, 5.41) is 11.3. The van der Waals surface area contributed by atoms with Crippen molar-refractivity contribution in [1.29, 1.82) is 0 Å². The molecule has 0 aromatic carbocycles. The fourth-order valence-electron chi connectivity index (χ4n) is 1.46. The standard InChI is InChI=1S/C9H8Cl2N4O3S/c1-18-5-6-8(19(11,16)17)9(10)15(14-6)7-3-2-4-12-13-7/h2-4H,5H2,1H3. The van der Waals surface area contributed by atoms with Gasteiger partial charge < -0.3 is 4.74 Å². The number of hydrogen-bond acceptors (Lipinski definition) is 6. The molecular weight excluding hydrogens is 315 g/mol. The van der Waals surface area contributed by atoms with E-state index in [0.29, 0.717) is 0 Å². The van der Waals surface area contributed by atoms with E-state index in [9.17, 15) is 8.42 Å². The van der Waals surface area contributed by atoms with E-state index < -0.39 is 9.05 Å². The first-order valence-corrected chi connectivity index (χ1v) is 7.63. The van der Waals surface area contributed by atoms with Gasteiger partial charge in [-0.2, -0.15) is 10.2 Å². The number of halogens is 2. The van der Waals surface area contributed by atoms with E-state index in [1.54, 1.807) is 12.1 Å². The maximum atomic E-state index is 11.5. The van der Waals surface area contributed by atoms with Crippen molar-refractivity contribution in [3.8, 4) is 5.82 Å². The molecule has 0 saturated heterocycles. The zero-order valence-electron chi connectivity index (χ0n) is 9.62. The second-order valence-corrected chi connectivity index (χ2v) is 6.29. The highest BCUT2D eigenvalue weighted by molar-refractivity contribution is 8.13. The van der Waals surface area contributed by atoms with Gasteiger partial charge in [-0.3, -0.25) is 0 Å². The lowest BCUT2D eigenvalue weighted by molar-refractivity contribution is 0.179. The van der Waals surface area contributed by atoms with Gasteiger partial charge in [0.15, 0.2) is 11.0 Å². The summed E-state index contributed by atoms with van der Waals surface area (Å²) in [7, 11) is 2.71. The minimum atomic E-state index is -4.04. The second kappa shape index (κ2) is 5.41. The lowest BCUT2D eigenvalue weighted by Gasteiger charge is -1.99. The first-order chi connectivity index (χ1) is 8.95. The van der Waals surface area contributed by atoms with Gasteiger partial charge in [0, 0.05) is 24.0 Å². The number of hydrogen-bond donors (Lipinski definition) is 0. The molecule has 2 rings (SSSR count). The summed E-state index contributed by atoms with van der Waals surface area (Å²) in [4.78, 5) is -0.289. The van der Waals surface area contributed by atoms with Crippen molar-refractivity contribution in [2.45, 2.75) is 11.5 Å². The lowest BCUT2D eigenvalue weighted by Crippen LogP contribution is -2.01. The van der Waals surface area contributed by atoms with E-state index in [0.717, 1.165) is 4.68 Å². The van der Waals surface area contributed by atoms with Crippen LogP contribution in [0.3, 0.4) is 0 Å². The van der Waals surface area contributed by atoms with Gasteiger partial charge in [-0.05, 0) is 12.1 Å². The summed E-state index contributed by atoms with van der Waals surface area (Å²) >= 11 is 6.00. The molecule has 0 N–H and O–H groups in total. The molecule has 0 saturated carbocycles. The minimum Gasteiger partial charge on any atom is -0.378 e. The van der Waals surface area contributed by atoms with E-state index in [-0.39, 0.29) is 28.2 Å². The van der Waals surface area contributed by atoms with Gasteiger partial charge in [0.1, 0.15) is 10.6 Å². The Balaban J connectivity index is 2.66. The Labute approximate surface area is 118 Å². The smallest absolute Gasteiger partial charge is 0.266 e. The highest BCUT2D eigenvalue weighted by Gasteiger charge is 2.27. The second-order valence-electron chi connectivity index (χ2n) is 3.43. The SMILES string of the molecule is COCc1nn(-c2cccnn2)c(Cl)c1S(=O)(=O)Cl. The molecule has 0 atom stereocenters. The molecule has 2 aromatic heterocycles. The molecule has 0 unspecified atom stereocenters. The van der Waals surface area contributed by atoms with Crippen LogP contribution in [0.5, 0.6) is 0 Å². The van der Waals surface area contributed by atoms with Crippen LogP contribution in [-0.2, 0) is 20.4 Å². The van der Waals surface area contributed by atoms with E-state index in [1.807, 2.05) is 0 Å². The third-order valence-corrected chi connectivity index (χ3v) is 4.00. The molecular formula is C9H8Cl2N4O3S. The summed E-state index contributed by atoms with van der Waals surface area (Å²) in [6, 6.07) is 3.19. The molecule has 0 radical (unpaired) electrons. The third kappa shape index (κ3) is 2.86. The van der Waals surface area contributed by atoms with Gasteiger partial charge >= 0.3 is 0 Å². The average molecular weight is 323 g/mol. The van der Waals surface area contributed by atoms with E-state index in [2.05, 4.69) is 15.3 Å². The van der Waals surface area contributed by atoms with E-state index >= 15 is 0 Å². The van der Waals surface area contributed by atoms with Crippen LogP contribution in [0.4, 0.5) is 0 Å². The first kappa shape index (κ1) is 14.2. The Kier molecular flexibility index (Phi) is 4.04. The van der Waals surface area contributed by atoms with E-state index in [4.69, 9.17) is 27.0 Å². The molecule has 0 bridgehead atoms. The fraction of sp³-hybridized carbons (Fsp3) is 0.222. The van der Waals surface area contributed by atoms with Crippen molar-refractivity contribution in [2.24, 2.45) is 0 Å². The highest BCUT2D eigenvalue weighted by atomic mass is 35.7. The maximum absolute atomic E-state index is 11.5. The number of methoxy groups -OCH3 is 1. The summed E-state index contributed by atoms with van der Waals surface area (Å²) in [6.07, 6.45) is 1.47. The summed E-state index contributed by atoms with van der Waals surface area (Å²) in [5.41, 5.74) is 0.105. The summed E-state index contributed by atoms with van der Waals surface area (Å²) < 4.78 is 29.1. The van der Waals surface area contributed by atoms with Crippen LogP contribution in [0.1, 0.15) is 5.69 Å². The molecule has 2 heterocycles. The predicted molar refractivity (Wildman–Crippen MR) is 67.9 cm³/mol. The van der Waals surface area contributed by atoms with Crippen LogP contribution in [0.25, 0.3) is 5.82 Å². The van der Waals surface area contributed by atoms with Crippen LogP contribution < -0.4 is 0 Å². The fourth-order valence-corrected chi connectivity index (χ4v) is 3.27. The zero-order chi connectivity index (χ0) is 14.0. The van der Waals surface area contributed by atoms with Crippen LogP contribution in [0, 0.1) is 0 Å². The topological polar surface area (TPSA) is 87.0 Å². The lowest BCUT2D eigenvalue weighted by atomic mass is 10.5. The number of ether oxygens (including phenoxy) is 1. The molecule has 0 spiro atoms. The van der Waals surface area contributed by atoms with Gasteiger partial charge in [0.2, 0.25) is 0 Å². The molecule has 0 aliphatic heterocycles. The Bertz CT molecular complexity index is 687. The van der Waals surface area contributed by atoms with Gasteiger partial charge in [-0.25, -0.2) is 13.1 Å². The van der Waals surface area contributed by atoms with Gasteiger partial charge in [0.25, 0.3) is 9.05 Å². The Morgan fingerprint density at radius 3 is 2.74 bits per heavy atom. The average Bonchev–Trinajstić information content (AvgIpc) is 2.67. The third-order valence-electron chi connectivity index (χ3n) is 2.16. The van der Waals surface area contributed by atoms with Gasteiger partial charge in [0.05, 0.1) is 6.61 Å². The molecule has 7 nitrogen and oxygen atoms in total. The normalized spacial score (nSPS) is 11.7. The van der Waals surface area contributed by atoms with Crippen LogP contribution in [0.15, 0.2) is 23.2 Å². The number of aromatic nitrogens is 4. The summed E-state index contributed by atoms with van der Waals surface area (Å²) in [5.74, 6) is 0.274. The maximum Gasteiger partial charge on any atom is 0.266 e. The molecule has 0 aliphatic carbocycles. The molecule has 0 aliphatic rings. The highest BCUT2D eigenvalue weighted by Crippen LogP contribution is 2.30. The molecule has 10 heteroatoms. The van der Waals surface area contributed by atoms with Crippen LogP contribution in [0.2, 0.25) is 5.15 Å². The van der Waals surface area contributed by atoms with Crippen molar-refractivity contribution >= 4 is 31.3 Å². The van der Waals surface area contributed by atoms with Crippen LogP contribution in [-0.4, -0.2) is 35.5 Å².